The van der Waals surface area contributed by atoms with Crippen LogP contribution in [0.25, 0.3) is 0 Å². The Morgan fingerprint density at radius 1 is 0.792 bits per heavy atom. The molecule has 0 N–H and O–H groups in total. The molecule has 1 unspecified atom stereocenters. The van der Waals surface area contributed by atoms with E-state index < -0.39 is 0 Å². The van der Waals surface area contributed by atoms with Gasteiger partial charge in [0.05, 0.1) is 0 Å². The largest absolute Gasteiger partial charge is 0.0654 e. The molecule has 0 nitrogen and oxygen atoms in total. The van der Waals surface area contributed by atoms with Gasteiger partial charge in [0, 0.05) is 0 Å². The number of fused-ring (bicyclic) bond motifs is 1. The molecule has 0 radical (unpaired) electrons. The van der Waals surface area contributed by atoms with Crippen molar-refractivity contribution in [2.75, 3.05) is 0 Å². The van der Waals surface area contributed by atoms with Crippen molar-refractivity contribution in [3.05, 3.63) is 34.9 Å². The van der Waals surface area contributed by atoms with E-state index in [4.69, 9.17) is 0 Å². The highest BCUT2D eigenvalue weighted by Crippen LogP contribution is 2.39. The van der Waals surface area contributed by atoms with Crippen LogP contribution in [0.1, 0.15) is 107 Å². The number of hydrogen-bond acceptors (Lipinski definition) is 0. The van der Waals surface area contributed by atoms with Gasteiger partial charge in [-0.3, -0.25) is 0 Å². The maximum atomic E-state index is 2.60. The summed E-state index contributed by atoms with van der Waals surface area (Å²) < 4.78 is 0. The van der Waals surface area contributed by atoms with Gasteiger partial charge in [-0.25, -0.2) is 0 Å². The molecule has 3 rings (SSSR count). The number of unbranched alkanes of at least 4 members (excludes halogenated alkanes) is 2. The summed E-state index contributed by atoms with van der Waals surface area (Å²) in [5, 5.41) is 0. The molecule has 0 aromatic heterocycles. The smallest absolute Gasteiger partial charge is 0.0162 e. The Hall–Kier alpha value is -0.780. The molecule has 0 heterocycles. The van der Waals surface area contributed by atoms with Gasteiger partial charge in [0.15, 0.2) is 0 Å². The van der Waals surface area contributed by atoms with Crippen LogP contribution in [-0.4, -0.2) is 0 Å². The zero-order valence-corrected chi connectivity index (χ0v) is 16.2. The lowest BCUT2D eigenvalue weighted by Gasteiger charge is -2.30. The van der Waals surface area contributed by atoms with Crippen molar-refractivity contribution in [2.24, 2.45) is 11.8 Å². The minimum absolute atomic E-state index is 0.853. The fourth-order valence-electron chi connectivity index (χ4n) is 5.12. The molecule has 0 spiro atoms. The minimum Gasteiger partial charge on any atom is -0.0654 e. The Morgan fingerprint density at radius 3 is 2.21 bits per heavy atom. The SMILES string of the molecule is CCCCC1CCC(c2ccc3c(c2)CCC(CCCC)C3)CC1. The zero-order chi connectivity index (χ0) is 16.8. The monoisotopic (exact) mass is 326 g/mol. The van der Waals surface area contributed by atoms with Gasteiger partial charge >= 0.3 is 0 Å². The van der Waals surface area contributed by atoms with Gasteiger partial charge in [-0.15, -0.1) is 0 Å². The Kier molecular flexibility index (Phi) is 6.81. The quantitative estimate of drug-likeness (QED) is 0.488. The van der Waals surface area contributed by atoms with E-state index >= 15 is 0 Å². The van der Waals surface area contributed by atoms with E-state index in [2.05, 4.69) is 32.0 Å². The van der Waals surface area contributed by atoms with E-state index in [1.54, 1.807) is 16.7 Å². The third kappa shape index (κ3) is 4.64. The molecule has 1 aromatic rings. The first kappa shape index (κ1) is 18.0. The third-order valence-corrected chi connectivity index (χ3v) is 6.81. The first-order valence-electron chi connectivity index (χ1n) is 10.9. The van der Waals surface area contributed by atoms with E-state index in [0.717, 1.165) is 17.8 Å². The van der Waals surface area contributed by atoms with Crippen molar-refractivity contribution in [2.45, 2.75) is 103 Å². The average molecular weight is 327 g/mol. The highest BCUT2D eigenvalue weighted by molar-refractivity contribution is 5.36. The number of hydrogen-bond donors (Lipinski definition) is 0. The molecular weight excluding hydrogens is 288 g/mol. The summed E-state index contributed by atoms with van der Waals surface area (Å²) in [4.78, 5) is 0. The second kappa shape index (κ2) is 9.07. The fourth-order valence-corrected chi connectivity index (χ4v) is 5.12. The topological polar surface area (TPSA) is 0 Å². The molecule has 2 aliphatic rings. The summed E-state index contributed by atoms with van der Waals surface area (Å²) in [6.45, 7) is 4.64. The molecule has 0 amide bonds. The van der Waals surface area contributed by atoms with Crippen LogP contribution in [0.2, 0.25) is 0 Å². The van der Waals surface area contributed by atoms with Crippen molar-refractivity contribution in [1.29, 1.82) is 0 Å². The van der Waals surface area contributed by atoms with Crippen LogP contribution in [0.15, 0.2) is 18.2 Å². The van der Waals surface area contributed by atoms with E-state index in [-0.39, 0.29) is 0 Å². The van der Waals surface area contributed by atoms with Crippen LogP contribution in [-0.2, 0) is 12.8 Å². The summed E-state index contributed by atoms with van der Waals surface area (Å²) in [6.07, 6.45) is 18.4. The molecule has 1 saturated carbocycles. The lowest BCUT2D eigenvalue weighted by atomic mass is 9.75. The van der Waals surface area contributed by atoms with E-state index in [1.807, 2.05) is 0 Å². The van der Waals surface area contributed by atoms with Crippen molar-refractivity contribution in [3.63, 3.8) is 0 Å². The van der Waals surface area contributed by atoms with Crippen LogP contribution in [0.5, 0.6) is 0 Å². The standard InChI is InChI=1S/C24H38/c1-3-5-7-19-9-12-21(13-10-19)23-16-15-22-17-20(8-6-4-2)11-14-24(22)18-23/h15-16,18-21H,3-14,17H2,1-2H3. The van der Waals surface area contributed by atoms with E-state index in [1.165, 1.54) is 83.5 Å². The first-order valence-corrected chi connectivity index (χ1v) is 10.9. The molecule has 0 saturated heterocycles. The second-order valence-electron chi connectivity index (χ2n) is 8.64. The zero-order valence-electron chi connectivity index (χ0n) is 16.2. The summed E-state index contributed by atoms with van der Waals surface area (Å²) >= 11 is 0. The molecule has 0 heteroatoms. The van der Waals surface area contributed by atoms with Crippen LogP contribution in [0.4, 0.5) is 0 Å². The molecule has 2 aliphatic carbocycles. The Balaban J connectivity index is 1.55. The fraction of sp³-hybridized carbons (Fsp3) is 0.750. The lowest BCUT2D eigenvalue weighted by Crippen LogP contribution is -2.16. The first-order chi connectivity index (χ1) is 11.8. The highest BCUT2D eigenvalue weighted by atomic mass is 14.3. The molecule has 0 aliphatic heterocycles. The van der Waals surface area contributed by atoms with Crippen molar-refractivity contribution < 1.29 is 0 Å². The second-order valence-corrected chi connectivity index (χ2v) is 8.64. The normalized spacial score (nSPS) is 27.0. The van der Waals surface area contributed by atoms with Crippen LogP contribution >= 0.6 is 0 Å². The third-order valence-electron chi connectivity index (χ3n) is 6.81. The van der Waals surface area contributed by atoms with Crippen molar-refractivity contribution in [3.8, 4) is 0 Å². The van der Waals surface area contributed by atoms with Crippen LogP contribution in [0, 0.1) is 11.8 Å². The predicted molar refractivity (Wildman–Crippen MR) is 106 cm³/mol. The van der Waals surface area contributed by atoms with Gasteiger partial charge in [0.1, 0.15) is 0 Å². The van der Waals surface area contributed by atoms with Gasteiger partial charge in [-0.2, -0.15) is 0 Å². The maximum Gasteiger partial charge on any atom is -0.0162 e. The van der Waals surface area contributed by atoms with E-state index in [9.17, 15) is 0 Å². The number of aryl methyl sites for hydroxylation is 1. The van der Waals surface area contributed by atoms with Crippen LogP contribution in [0.3, 0.4) is 0 Å². The summed E-state index contributed by atoms with van der Waals surface area (Å²) in [6, 6.07) is 7.58. The summed E-state index contributed by atoms with van der Waals surface area (Å²) in [7, 11) is 0. The minimum atomic E-state index is 0.853. The van der Waals surface area contributed by atoms with Crippen LogP contribution < -0.4 is 0 Å². The van der Waals surface area contributed by atoms with Crippen molar-refractivity contribution in [1.82, 2.24) is 0 Å². The summed E-state index contributed by atoms with van der Waals surface area (Å²) in [5.41, 5.74) is 5.02. The molecule has 24 heavy (non-hydrogen) atoms. The molecule has 0 bridgehead atoms. The summed E-state index contributed by atoms with van der Waals surface area (Å²) in [5.74, 6) is 2.83. The molecule has 1 atom stereocenters. The van der Waals surface area contributed by atoms with Crippen molar-refractivity contribution >= 4 is 0 Å². The molecule has 1 aromatic carbocycles. The molecule has 134 valence electrons. The molecule has 1 fully saturated rings. The lowest BCUT2D eigenvalue weighted by molar-refractivity contribution is 0.304. The van der Waals surface area contributed by atoms with Gasteiger partial charge in [0.25, 0.3) is 0 Å². The molecular formula is C24H38. The van der Waals surface area contributed by atoms with Gasteiger partial charge in [-0.1, -0.05) is 70.6 Å². The number of benzene rings is 1. The van der Waals surface area contributed by atoms with Gasteiger partial charge in [0.2, 0.25) is 0 Å². The Labute approximate surface area is 150 Å². The Bertz CT molecular complexity index is 493. The van der Waals surface area contributed by atoms with E-state index in [0.29, 0.717) is 0 Å². The highest BCUT2D eigenvalue weighted by Gasteiger charge is 2.24. The number of rotatable bonds is 7. The maximum absolute atomic E-state index is 2.60. The predicted octanol–water partition coefficient (Wildman–Crippen LogP) is 7.45. The average Bonchev–Trinajstić information content (AvgIpc) is 2.64. The van der Waals surface area contributed by atoms with Gasteiger partial charge in [-0.05, 0) is 79.4 Å². The van der Waals surface area contributed by atoms with Gasteiger partial charge < -0.3 is 0 Å². The Morgan fingerprint density at radius 2 is 1.50 bits per heavy atom.